The van der Waals surface area contributed by atoms with E-state index in [2.05, 4.69) is 12.2 Å². The fourth-order valence-electron chi connectivity index (χ4n) is 2.38. The number of rotatable bonds is 5. The highest BCUT2D eigenvalue weighted by Gasteiger charge is 2.25. The van der Waals surface area contributed by atoms with Crippen molar-refractivity contribution in [2.75, 3.05) is 11.4 Å². The lowest BCUT2D eigenvalue weighted by Gasteiger charge is -2.19. The Labute approximate surface area is 120 Å². The predicted octanol–water partition coefficient (Wildman–Crippen LogP) is 2.62. The third kappa shape index (κ3) is 3.67. The van der Waals surface area contributed by atoms with Gasteiger partial charge in [-0.25, -0.2) is 0 Å². The maximum absolute atomic E-state index is 12.0. The molecule has 20 heavy (non-hydrogen) atoms. The number of anilines is 1. The van der Waals surface area contributed by atoms with Gasteiger partial charge in [0.15, 0.2) is 0 Å². The Morgan fingerprint density at radius 1 is 1.05 bits per heavy atom. The lowest BCUT2D eigenvalue weighted by atomic mass is 10.2. The third-order valence-electron chi connectivity index (χ3n) is 3.48. The first-order chi connectivity index (χ1) is 9.72. The fraction of sp³-hybridized carbons (Fsp3) is 0.500. The summed E-state index contributed by atoms with van der Waals surface area (Å²) in [6.07, 6.45) is 3.64. The van der Waals surface area contributed by atoms with E-state index in [1.54, 1.807) is 0 Å². The van der Waals surface area contributed by atoms with Crippen LogP contribution in [0.4, 0.5) is 5.69 Å². The van der Waals surface area contributed by atoms with Crippen LogP contribution in [-0.4, -0.2) is 18.4 Å². The molecule has 4 heteroatoms. The number of nitrogens with zero attached hydrogens (tertiary/aromatic N) is 1. The first-order valence-electron chi connectivity index (χ1n) is 7.38. The second-order valence-corrected chi connectivity index (χ2v) is 5.17. The van der Waals surface area contributed by atoms with E-state index in [4.69, 9.17) is 0 Å². The molecule has 0 radical (unpaired) electrons. The summed E-state index contributed by atoms with van der Waals surface area (Å²) in [5.41, 5.74) is 1.86. The van der Waals surface area contributed by atoms with E-state index in [1.165, 1.54) is 4.90 Å². The van der Waals surface area contributed by atoms with E-state index in [1.807, 2.05) is 24.3 Å². The molecule has 2 rings (SSSR count). The number of carbonyl (C=O) groups excluding carboxylic acids is 2. The van der Waals surface area contributed by atoms with Crippen LogP contribution in [0.3, 0.4) is 0 Å². The molecule has 1 N–H and O–H groups in total. The van der Waals surface area contributed by atoms with Gasteiger partial charge in [-0.05, 0) is 43.5 Å². The zero-order valence-electron chi connectivity index (χ0n) is 12.0. The van der Waals surface area contributed by atoms with E-state index < -0.39 is 0 Å². The molecule has 1 heterocycles. The number of carbonyl (C=O) groups is 2. The maximum Gasteiger partial charge on any atom is 0.233 e. The summed E-state index contributed by atoms with van der Waals surface area (Å²) in [6, 6.07) is 7.68. The average molecular weight is 274 g/mol. The highest BCUT2D eigenvalue weighted by atomic mass is 16.2. The molecule has 0 spiro atoms. The van der Waals surface area contributed by atoms with Gasteiger partial charge in [-0.1, -0.05) is 19.1 Å². The van der Waals surface area contributed by atoms with E-state index in [9.17, 15) is 9.59 Å². The zero-order chi connectivity index (χ0) is 14.4. The summed E-state index contributed by atoms with van der Waals surface area (Å²) in [7, 11) is 0. The summed E-state index contributed by atoms with van der Waals surface area (Å²) in [5.74, 6) is -0.159. The Hall–Kier alpha value is -1.68. The molecule has 1 aliphatic heterocycles. The topological polar surface area (TPSA) is 49.4 Å². The van der Waals surface area contributed by atoms with Crippen LogP contribution < -0.4 is 10.2 Å². The molecule has 108 valence electrons. The van der Waals surface area contributed by atoms with Crippen molar-refractivity contribution in [3.63, 3.8) is 0 Å². The second-order valence-electron chi connectivity index (χ2n) is 5.17. The fourth-order valence-corrected chi connectivity index (χ4v) is 2.38. The van der Waals surface area contributed by atoms with Crippen molar-refractivity contribution in [3.8, 4) is 0 Å². The molecule has 0 aliphatic carbocycles. The molecule has 1 aromatic rings. The third-order valence-corrected chi connectivity index (χ3v) is 3.48. The average Bonchev–Trinajstić information content (AvgIpc) is 2.61. The van der Waals surface area contributed by atoms with Gasteiger partial charge in [0.05, 0.1) is 5.69 Å². The number of amides is 2. The van der Waals surface area contributed by atoms with Gasteiger partial charge in [0.25, 0.3) is 0 Å². The Balaban J connectivity index is 2.07. The quantitative estimate of drug-likeness (QED) is 0.663. The highest BCUT2D eigenvalue weighted by molar-refractivity contribution is 6.15. The number of hydrogen-bond donors (Lipinski definition) is 1. The molecule has 1 fully saturated rings. The Bertz CT molecular complexity index is 450. The molecule has 0 aromatic heterocycles. The molecular formula is C16H22N2O2. The number of hydrogen-bond acceptors (Lipinski definition) is 3. The molecule has 0 bridgehead atoms. The van der Waals surface area contributed by atoms with Crippen molar-refractivity contribution < 1.29 is 9.59 Å². The maximum atomic E-state index is 12.0. The molecule has 4 nitrogen and oxygen atoms in total. The van der Waals surface area contributed by atoms with Crippen molar-refractivity contribution in [1.29, 1.82) is 0 Å². The molecule has 1 saturated heterocycles. The number of nitrogens with one attached hydrogen (secondary N) is 1. The first kappa shape index (κ1) is 14.7. The Kier molecular flexibility index (Phi) is 5.30. The standard InChI is InChI=1S/C16H22N2O2/c1-2-11-17-12-13-7-9-14(10-8-13)18-15(19)5-3-4-6-16(18)20/h7-10,17H,2-6,11-12H2,1H3. The molecule has 1 aromatic carbocycles. The summed E-state index contributed by atoms with van der Waals surface area (Å²) in [4.78, 5) is 25.4. The van der Waals surface area contributed by atoms with Gasteiger partial charge in [0.1, 0.15) is 0 Å². The minimum Gasteiger partial charge on any atom is -0.313 e. The van der Waals surface area contributed by atoms with Crippen LogP contribution in [0.5, 0.6) is 0 Å². The summed E-state index contributed by atoms with van der Waals surface area (Å²) in [5, 5.41) is 3.33. The molecule has 0 saturated carbocycles. The number of benzene rings is 1. The van der Waals surface area contributed by atoms with Crippen LogP contribution in [0.25, 0.3) is 0 Å². The van der Waals surface area contributed by atoms with Crippen LogP contribution in [0, 0.1) is 0 Å². The van der Waals surface area contributed by atoms with E-state index >= 15 is 0 Å². The molecular weight excluding hydrogens is 252 g/mol. The van der Waals surface area contributed by atoms with Gasteiger partial charge in [-0.2, -0.15) is 0 Å². The van der Waals surface area contributed by atoms with Crippen LogP contribution >= 0.6 is 0 Å². The predicted molar refractivity (Wildman–Crippen MR) is 79.4 cm³/mol. The normalized spacial score (nSPS) is 16.4. The summed E-state index contributed by atoms with van der Waals surface area (Å²) in [6.45, 7) is 3.94. The minimum absolute atomic E-state index is 0.0793. The molecule has 2 amide bonds. The Morgan fingerprint density at radius 3 is 2.20 bits per heavy atom. The van der Waals surface area contributed by atoms with Crippen molar-refractivity contribution in [2.45, 2.75) is 45.6 Å². The molecule has 0 atom stereocenters. The summed E-state index contributed by atoms with van der Waals surface area (Å²) < 4.78 is 0. The Morgan fingerprint density at radius 2 is 1.65 bits per heavy atom. The SMILES string of the molecule is CCCNCc1ccc(N2C(=O)CCCCC2=O)cc1. The van der Waals surface area contributed by atoms with Gasteiger partial charge in [0.2, 0.25) is 11.8 Å². The van der Waals surface area contributed by atoms with Crippen LogP contribution in [0.2, 0.25) is 0 Å². The lowest BCUT2D eigenvalue weighted by Crippen LogP contribution is -2.35. The van der Waals surface area contributed by atoms with E-state index in [0.29, 0.717) is 18.5 Å². The summed E-state index contributed by atoms with van der Waals surface area (Å²) >= 11 is 0. The first-order valence-corrected chi connectivity index (χ1v) is 7.38. The zero-order valence-corrected chi connectivity index (χ0v) is 12.0. The van der Waals surface area contributed by atoms with Crippen LogP contribution in [0.1, 0.15) is 44.6 Å². The molecule has 1 aliphatic rings. The van der Waals surface area contributed by atoms with Crippen LogP contribution in [0.15, 0.2) is 24.3 Å². The monoisotopic (exact) mass is 274 g/mol. The van der Waals surface area contributed by atoms with Crippen molar-refractivity contribution in [2.24, 2.45) is 0 Å². The smallest absolute Gasteiger partial charge is 0.233 e. The van der Waals surface area contributed by atoms with Crippen molar-refractivity contribution in [1.82, 2.24) is 5.32 Å². The largest absolute Gasteiger partial charge is 0.313 e. The van der Waals surface area contributed by atoms with Gasteiger partial charge < -0.3 is 5.32 Å². The van der Waals surface area contributed by atoms with Crippen molar-refractivity contribution >= 4 is 17.5 Å². The molecule has 0 unspecified atom stereocenters. The van der Waals surface area contributed by atoms with E-state index in [0.717, 1.165) is 37.9 Å². The minimum atomic E-state index is -0.0793. The van der Waals surface area contributed by atoms with Gasteiger partial charge in [-0.3, -0.25) is 14.5 Å². The van der Waals surface area contributed by atoms with E-state index in [-0.39, 0.29) is 11.8 Å². The van der Waals surface area contributed by atoms with Gasteiger partial charge >= 0.3 is 0 Å². The lowest BCUT2D eigenvalue weighted by molar-refractivity contribution is -0.125. The van der Waals surface area contributed by atoms with Crippen LogP contribution in [-0.2, 0) is 16.1 Å². The second kappa shape index (κ2) is 7.20. The van der Waals surface area contributed by atoms with Gasteiger partial charge in [-0.15, -0.1) is 0 Å². The number of imide groups is 1. The van der Waals surface area contributed by atoms with Crippen molar-refractivity contribution in [3.05, 3.63) is 29.8 Å². The van der Waals surface area contributed by atoms with Gasteiger partial charge in [0, 0.05) is 19.4 Å². The highest BCUT2D eigenvalue weighted by Crippen LogP contribution is 2.21.